The van der Waals surface area contributed by atoms with Crippen molar-refractivity contribution in [2.45, 2.75) is 41.0 Å². The molecule has 16 heavy (non-hydrogen) atoms. The van der Waals surface area contributed by atoms with Gasteiger partial charge in [0.15, 0.2) is 0 Å². The molecular formula is C13H26N2O. The number of carbonyl (C=O) groups is 1. The average Bonchev–Trinajstić information content (AvgIpc) is 2.55. The highest BCUT2D eigenvalue weighted by atomic mass is 16.1. The molecular weight excluding hydrogens is 200 g/mol. The Morgan fingerprint density at radius 3 is 2.19 bits per heavy atom. The topological polar surface area (TPSA) is 41.1 Å². The number of carbonyl (C=O) groups excluding carboxylic acids is 1. The second kappa shape index (κ2) is 4.74. The van der Waals surface area contributed by atoms with Gasteiger partial charge in [-0.1, -0.05) is 34.6 Å². The summed E-state index contributed by atoms with van der Waals surface area (Å²) in [5.74, 6) is 0.724. The molecule has 0 bridgehead atoms. The van der Waals surface area contributed by atoms with Crippen LogP contribution in [0.3, 0.4) is 0 Å². The second-order valence-electron chi connectivity index (χ2n) is 5.98. The summed E-state index contributed by atoms with van der Waals surface area (Å²) in [5.41, 5.74) is 0.717. The third kappa shape index (κ3) is 2.57. The molecule has 0 radical (unpaired) electrons. The fourth-order valence-corrected chi connectivity index (χ4v) is 2.50. The van der Waals surface area contributed by atoms with E-state index in [1.165, 1.54) is 0 Å². The monoisotopic (exact) mass is 226 g/mol. The van der Waals surface area contributed by atoms with Crippen molar-refractivity contribution < 1.29 is 4.79 Å². The third-order valence-corrected chi connectivity index (χ3v) is 4.54. The van der Waals surface area contributed by atoms with Crippen LogP contribution >= 0.6 is 0 Å². The Balaban J connectivity index is 2.19. The van der Waals surface area contributed by atoms with Crippen LogP contribution in [-0.2, 0) is 4.79 Å². The Hall–Kier alpha value is -0.570. The van der Waals surface area contributed by atoms with Crippen LogP contribution < -0.4 is 10.6 Å². The van der Waals surface area contributed by atoms with Gasteiger partial charge in [-0.15, -0.1) is 0 Å². The third-order valence-electron chi connectivity index (χ3n) is 4.54. The average molecular weight is 226 g/mol. The van der Waals surface area contributed by atoms with E-state index in [0.717, 1.165) is 19.5 Å². The molecule has 1 amide bonds. The molecule has 1 saturated carbocycles. The van der Waals surface area contributed by atoms with Gasteiger partial charge in [0.1, 0.15) is 0 Å². The summed E-state index contributed by atoms with van der Waals surface area (Å²) >= 11 is 0. The van der Waals surface area contributed by atoms with E-state index in [-0.39, 0.29) is 5.91 Å². The van der Waals surface area contributed by atoms with Crippen molar-refractivity contribution in [3.05, 3.63) is 0 Å². The van der Waals surface area contributed by atoms with Gasteiger partial charge in [-0.2, -0.15) is 0 Å². The molecule has 0 unspecified atom stereocenters. The molecule has 2 N–H and O–H groups in total. The Labute approximate surface area is 99.4 Å². The van der Waals surface area contributed by atoms with Crippen LogP contribution in [0.2, 0.25) is 0 Å². The summed E-state index contributed by atoms with van der Waals surface area (Å²) in [4.78, 5) is 11.5. The SMILES string of the molecule is CCCNCC(=O)NCC1C(C)(C)C1(C)C. The zero-order valence-corrected chi connectivity index (χ0v) is 11.3. The molecule has 0 aromatic carbocycles. The van der Waals surface area contributed by atoms with E-state index in [1.54, 1.807) is 0 Å². The fraction of sp³-hybridized carbons (Fsp3) is 0.923. The Kier molecular flexibility index (Phi) is 4.00. The van der Waals surface area contributed by atoms with Crippen LogP contribution in [0.4, 0.5) is 0 Å². The van der Waals surface area contributed by atoms with Gasteiger partial charge in [0.2, 0.25) is 5.91 Å². The predicted molar refractivity (Wildman–Crippen MR) is 67.2 cm³/mol. The summed E-state index contributed by atoms with van der Waals surface area (Å²) in [7, 11) is 0. The molecule has 94 valence electrons. The van der Waals surface area contributed by atoms with Gasteiger partial charge < -0.3 is 10.6 Å². The highest BCUT2D eigenvalue weighted by Crippen LogP contribution is 2.67. The molecule has 1 aliphatic rings. The highest BCUT2D eigenvalue weighted by Gasteiger charge is 2.64. The first-order chi connectivity index (χ1) is 7.34. The number of hydrogen-bond acceptors (Lipinski definition) is 2. The van der Waals surface area contributed by atoms with E-state index in [1.807, 2.05) is 0 Å². The van der Waals surface area contributed by atoms with Crippen LogP contribution in [0, 0.1) is 16.7 Å². The Morgan fingerprint density at radius 1 is 1.19 bits per heavy atom. The number of rotatable bonds is 6. The van der Waals surface area contributed by atoms with E-state index in [0.29, 0.717) is 23.3 Å². The largest absolute Gasteiger partial charge is 0.355 e. The first kappa shape index (κ1) is 13.5. The van der Waals surface area contributed by atoms with E-state index in [2.05, 4.69) is 45.3 Å². The molecule has 0 aromatic heterocycles. The molecule has 0 aromatic rings. The van der Waals surface area contributed by atoms with Crippen molar-refractivity contribution in [1.29, 1.82) is 0 Å². The lowest BCUT2D eigenvalue weighted by atomic mass is 10.0. The van der Waals surface area contributed by atoms with Crippen LogP contribution in [0.15, 0.2) is 0 Å². The molecule has 0 atom stereocenters. The normalized spacial score (nSPS) is 21.8. The summed E-state index contributed by atoms with van der Waals surface area (Å²) in [5, 5.41) is 6.12. The van der Waals surface area contributed by atoms with E-state index in [4.69, 9.17) is 0 Å². The van der Waals surface area contributed by atoms with Crippen molar-refractivity contribution in [2.24, 2.45) is 16.7 Å². The van der Waals surface area contributed by atoms with Gasteiger partial charge >= 0.3 is 0 Å². The highest BCUT2D eigenvalue weighted by molar-refractivity contribution is 5.78. The minimum absolute atomic E-state index is 0.118. The van der Waals surface area contributed by atoms with Gasteiger partial charge in [-0.25, -0.2) is 0 Å². The fourth-order valence-electron chi connectivity index (χ4n) is 2.50. The molecule has 0 aliphatic heterocycles. The summed E-state index contributed by atoms with van der Waals surface area (Å²) in [6, 6.07) is 0. The minimum atomic E-state index is 0.118. The molecule has 0 spiro atoms. The molecule has 0 saturated heterocycles. The number of hydrogen-bond donors (Lipinski definition) is 2. The van der Waals surface area contributed by atoms with Crippen LogP contribution in [0.1, 0.15) is 41.0 Å². The summed E-state index contributed by atoms with van der Waals surface area (Å²) in [6.45, 7) is 13.4. The molecule has 3 nitrogen and oxygen atoms in total. The van der Waals surface area contributed by atoms with E-state index >= 15 is 0 Å². The molecule has 0 heterocycles. The molecule has 3 heteroatoms. The number of amides is 1. The zero-order chi connectivity index (χ0) is 12.4. The van der Waals surface area contributed by atoms with Crippen molar-refractivity contribution in [2.75, 3.05) is 19.6 Å². The maximum Gasteiger partial charge on any atom is 0.233 e. The molecule has 1 fully saturated rings. The quantitative estimate of drug-likeness (QED) is 0.678. The lowest BCUT2D eigenvalue weighted by Gasteiger charge is -2.07. The maximum atomic E-state index is 11.5. The first-order valence-corrected chi connectivity index (χ1v) is 6.31. The van der Waals surface area contributed by atoms with Crippen molar-refractivity contribution >= 4 is 5.91 Å². The lowest BCUT2D eigenvalue weighted by molar-refractivity contribution is -0.120. The molecule has 1 rings (SSSR count). The van der Waals surface area contributed by atoms with Gasteiger partial charge in [0.05, 0.1) is 6.54 Å². The van der Waals surface area contributed by atoms with Crippen molar-refractivity contribution in [3.63, 3.8) is 0 Å². The summed E-state index contributed by atoms with van der Waals surface area (Å²) in [6.07, 6.45) is 1.07. The van der Waals surface area contributed by atoms with Crippen LogP contribution in [0.25, 0.3) is 0 Å². The van der Waals surface area contributed by atoms with Gasteiger partial charge in [0, 0.05) is 6.54 Å². The van der Waals surface area contributed by atoms with Gasteiger partial charge in [-0.3, -0.25) is 4.79 Å². The van der Waals surface area contributed by atoms with Crippen LogP contribution in [0.5, 0.6) is 0 Å². The van der Waals surface area contributed by atoms with Gasteiger partial charge in [-0.05, 0) is 29.7 Å². The molecule has 1 aliphatic carbocycles. The first-order valence-electron chi connectivity index (χ1n) is 6.31. The standard InChI is InChI=1S/C13H26N2O/c1-6-7-14-9-11(16)15-8-10-12(2,3)13(10,4)5/h10,14H,6-9H2,1-5H3,(H,15,16). The van der Waals surface area contributed by atoms with Crippen molar-refractivity contribution in [1.82, 2.24) is 10.6 Å². The van der Waals surface area contributed by atoms with E-state index in [9.17, 15) is 4.79 Å². The Morgan fingerprint density at radius 2 is 1.75 bits per heavy atom. The summed E-state index contributed by atoms with van der Waals surface area (Å²) < 4.78 is 0. The van der Waals surface area contributed by atoms with Crippen molar-refractivity contribution in [3.8, 4) is 0 Å². The number of nitrogens with one attached hydrogen (secondary N) is 2. The Bertz CT molecular complexity index is 245. The second-order valence-corrected chi connectivity index (χ2v) is 5.98. The lowest BCUT2D eigenvalue weighted by Crippen LogP contribution is -2.35. The predicted octanol–water partition coefficient (Wildman–Crippen LogP) is 1.78. The van der Waals surface area contributed by atoms with E-state index < -0.39 is 0 Å². The maximum absolute atomic E-state index is 11.5. The zero-order valence-electron chi connectivity index (χ0n) is 11.3. The van der Waals surface area contributed by atoms with Crippen LogP contribution in [-0.4, -0.2) is 25.5 Å². The minimum Gasteiger partial charge on any atom is -0.355 e. The van der Waals surface area contributed by atoms with Gasteiger partial charge in [0.25, 0.3) is 0 Å². The smallest absolute Gasteiger partial charge is 0.233 e.